The minimum Gasteiger partial charge on any atom is -0.548 e. The Morgan fingerprint density at radius 3 is 2.47 bits per heavy atom. The number of hydrogen-bond acceptors (Lipinski definition) is 3. The van der Waals surface area contributed by atoms with Gasteiger partial charge in [-0.1, -0.05) is 0 Å². The van der Waals surface area contributed by atoms with E-state index >= 15 is 0 Å². The van der Waals surface area contributed by atoms with Crippen molar-refractivity contribution in [1.82, 2.24) is 0 Å². The van der Waals surface area contributed by atoms with E-state index in [0.717, 1.165) is 6.07 Å². The smallest absolute Gasteiger partial charge is 0.196 e. The summed E-state index contributed by atoms with van der Waals surface area (Å²) in [5.74, 6) is -5.91. The number of aliphatic carboxylic acids is 1. The van der Waals surface area contributed by atoms with E-state index in [4.69, 9.17) is 0 Å². The van der Waals surface area contributed by atoms with Crippen LogP contribution in [0.25, 0.3) is 0 Å². The van der Waals surface area contributed by atoms with E-state index in [1.54, 1.807) is 0 Å². The van der Waals surface area contributed by atoms with E-state index in [1.807, 2.05) is 0 Å². The Balaban J connectivity index is 2.97. The summed E-state index contributed by atoms with van der Waals surface area (Å²) in [6, 6.07) is 0.403. The molecule has 0 aliphatic rings. The molecule has 1 atom stereocenters. The first-order valence-electron chi connectivity index (χ1n) is 4.04. The van der Waals surface area contributed by atoms with E-state index in [2.05, 4.69) is 5.32 Å². The fraction of sp³-hybridized carbons (Fsp3) is 0.222. The summed E-state index contributed by atoms with van der Waals surface area (Å²) >= 11 is 0. The Hall–Kier alpha value is -1.72. The van der Waals surface area contributed by atoms with Gasteiger partial charge in [0.2, 0.25) is 0 Å². The van der Waals surface area contributed by atoms with Crippen molar-refractivity contribution in [3.63, 3.8) is 0 Å². The fourth-order valence-electron chi connectivity index (χ4n) is 0.930. The van der Waals surface area contributed by atoms with E-state index in [-0.39, 0.29) is 0 Å². The van der Waals surface area contributed by atoms with Crippen molar-refractivity contribution in [2.75, 3.05) is 5.32 Å². The second-order valence-corrected chi connectivity index (χ2v) is 2.91. The van der Waals surface area contributed by atoms with Crippen molar-refractivity contribution in [2.24, 2.45) is 0 Å². The molecule has 1 aromatic carbocycles. The lowest BCUT2D eigenvalue weighted by Gasteiger charge is -2.16. The summed E-state index contributed by atoms with van der Waals surface area (Å²) < 4.78 is 38.2. The van der Waals surface area contributed by atoms with E-state index < -0.39 is 35.2 Å². The SMILES string of the molecule is CC(Nc1ccc(F)c(F)c1F)C(=O)[O-]. The highest BCUT2D eigenvalue weighted by Gasteiger charge is 2.14. The summed E-state index contributed by atoms with van der Waals surface area (Å²) in [6.07, 6.45) is 0. The van der Waals surface area contributed by atoms with Gasteiger partial charge in [-0.25, -0.2) is 13.2 Å². The molecule has 0 heterocycles. The van der Waals surface area contributed by atoms with E-state index in [0.29, 0.717) is 6.07 Å². The lowest BCUT2D eigenvalue weighted by atomic mass is 10.2. The van der Waals surface area contributed by atoms with Crippen LogP contribution in [0.4, 0.5) is 18.9 Å². The van der Waals surface area contributed by atoms with Crippen LogP contribution in [0.2, 0.25) is 0 Å². The second kappa shape index (κ2) is 4.20. The molecule has 6 heteroatoms. The summed E-state index contributed by atoms with van der Waals surface area (Å²) in [7, 11) is 0. The predicted molar refractivity (Wildman–Crippen MR) is 44.4 cm³/mol. The normalized spacial score (nSPS) is 12.3. The zero-order valence-electron chi connectivity index (χ0n) is 7.68. The molecule has 82 valence electrons. The molecule has 1 N–H and O–H groups in total. The number of benzene rings is 1. The number of carboxylic acid groups (broad SMARTS) is 1. The molecule has 0 amide bonds. The Morgan fingerprint density at radius 2 is 1.93 bits per heavy atom. The molecule has 0 radical (unpaired) electrons. The van der Waals surface area contributed by atoms with Crippen molar-refractivity contribution >= 4 is 11.7 Å². The highest BCUT2D eigenvalue weighted by atomic mass is 19.2. The predicted octanol–water partition coefficient (Wildman–Crippen LogP) is 0.654. The summed E-state index contributed by atoms with van der Waals surface area (Å²) in [5.41, 5.74) is -0.425. The lowest BCUT2D eigenvalue weighted by Crippen LogP contribution is -2.38. The second-order valence-electron chi connectivity index (χ2n) is 2.91. The van der Waals surface area contributed by atoms with Crippen molar-refractivity contribution in [3.8, 4) is 0 Å². The molecule has 15 heavy (non-hydrogen) atoms. The third-order valence-electron chi connectivity index (χ3n) is 1.76. The zero-order valence-corrected chi connectivity index (χ0v) is 7.68. The number of nitrogens with one attached hydrogen (secondary N) is 1. The van der Waals surface area contributed by atoms with Crippen LogP contribution >= 0.6 is 0 Å². The van der Waals surface area contributed by atoms with Gasteiger partial charge in [0.15, 0.2) is 17.5 Å². The van der Waals surface area contributed by atoms with Gasteiger partial charge in [-0.3, -0.25) is 0 Å². The molecule has 0 saturated carbocycles. The molecule has 0 spiro atoms. The Kier molecular flexibility index (Phi) is 3.18. The number of carbonyl (C=O) groups excluding carboxylic acids is 1. The molecular formula is C9H7F3NO2-. The molecule has 1 aromatic rings. The average Bonchev–Trinajstić information content (AvgIpc) is 2.18. The number of carbonyl (C=O) groups is 1. The summed E-state index contributed by atoms with van der Waals surface area (Å²) in [6.45, 7) is 1.19. The van der Waals surface area contributed by atoms with Crippen LogP contribution in [-0.2, 0) is 4.79 Å². The third kappa shape index (κ3) is 2.39. The van der Waals surface area contributed by atoms with Crippen molar-refractivity contribution < 1.29 is 23.1 Å². The zero-order chi connectivity index (χ0) is 11.6. The Labute approximate surface area is 83.5 Å². The van der Waals surface area contributed by atoms with Gasteiger partial charge < -0.3 is 15.2 Å². The van der Waals surface area contributed by atoms with Crippen LogP contribution in [0.5, 0.6) is 0 Å². The monoisotopic (exact) mass is 218 g/mol. The summed E-state index contributed by atoms with van der Waals surface area (Å²) in [4.78, 5) is 10.3. The molecule has 0 aliphatic heterocycles. The number of halogens is 3. The van der Waals surface area contributed by atoms with Gasteiger partial charge in [-0.15, -0.1) is 0 Å². The van der Waals surface area contributed by atoms with Gasteiger partial charge in [-0.05, 0) is 19.1 Å². The van der Waals surface area contributed by atoms with E-state index in [9.17, 15) is 23.1 Å². The molecule has 3 nitrogen and oxygen atoms in total. The van der Waals surface area contributed by atoms with Gasteiger partial charge in [0.1, 0.15) is 0 Å². The Morgan fingerprint density at radius 1 is 1.33 bits per heavy atom. The largest absolute Gasteiger partial charge is 0.548 e. The maximum absolute atomic E-state index is 13.0. The van der Waals surface area contributed by atoms with Crippen LogP contribution in [-0.4, -0.2) is 12.0 Å². The number of carboxylic acids is 1. The van der Waals surface area contributed by atoms with Gasteiger partial charge in [0.05, 0.1) is 17.7 Å². The maximum Gasteiger partial charge on any atom is 0.196 e. The van der Waals surface area contributed by atoms with Crippen LogP contribution in [0.3, 0.4) is 0 Å². The van der Waals surface area contributed by atoms with Crippen LogP contribution in [0, 0.1) is 17.5 Å². The molecule has 0 aromatic heterocycles. The van der Waals surface area contributed by atoms with Crippen LogP contribution in [0.15, 0.2) is 12.1 Å². The topological polar surface area (TPSA) is 52.2 Å². The minimum atomic E-state index is -1.65. The minimum absolute atomic E-state index is 0.425. The van der Waals surface area contributed by atoms with Crippen molar-refractivity contribution in [2.45, 2.75) is 13.0 Å². The van der Waals surface area contributed by atoms with Crippen LogP contribution < -0.4 is 10.4 Å². The molecule has 0 saturated heterocycles. The molecular weight excluding hydrogens is 211 g/mol. The maximum atomic E-state index is 13.0. The Bertz CT molecular complexity index is 395. The average molecular weight is 218 g/mol. The van der Waals surface area contributed by atoms with Crippen LogP contribution in [0.1, 0.15) is 6.92 Å². The van der Waals surface area contributed by atoms with Crippen molar-refractivity contribution in [1.29, 1.82) is 0 Å². The highest BCUT2D eigenvalue weighted by molar-refractivity contribution is 5.74. The van der Waals surface area contributed by atoms with Crippen molar-refractivity contribution in [3.05, 3.63) is 29.6 Å². The number of rotatable bonds is 3. The van der Waals surface area contributed by atoms with Gasteiger partial charge in [0.25, 0.3) is 0 Å². The number of anilines is 1. The third-order valence-corrected chi connectivity index (χ3v) is 1.76. The first-order chi connectivity index (χ1) is 6.93. The van der Waals surface area contributed by atoms with Gasteiger partial charge in [0, 0.05) is 0 Å². The number of hydrogen-bond donors (Lipinski definition) is 1. The lowest BCUT2D eigenvalue weighted by molar-refractivity contribution is -0.306. The summed E-state index contributed by atoms with van der Waals surface area (Å²) in [5, 5.41) is 12.4. The standard InChI is InChI=1S/C9H8F3NO2/c1-4(9(14)15)13-6-3-2-5(10)7(11)8(6)12/h2-4,13H,1H3,(H,14,15)/p-1. The molecule has 0 bridgehead atoms. The highest BCUT2D eigenvalue weighted by Crippen LogP contribution is 2.20. The first kappa shape index (κ1) is 11.4. The first-order valence-corrected chi connectivity index (χ1v) is 4.04. The van der Waals surface area contributed by atoms with Gasteiger partial charge in [-0.2, -0.15) is 0 Å². The molecule has 1 rings (SSSR count). The van der Waals surface area contributed by atoms with E-state index in [1.165, 1.54) is 6.92 Å². The van der Waals surface area contributed by atoms with Gasteiger partial charge >= 0.3 is 0 Å². The fourth-order valence-corrected chi connectivity index (χ4v) is 0.930. The quantitative estimate of drug-likeness (QED) is 0.758. The molecule has 1 unspecified atom stereocenters. The molecule has 0 aliphatic carbocycles. The molecule has 0 fully saturated rings.